The van der Waals surface area contributed by atoms with E-state index in [-0.39, 0.29) is 25.0 Å². The molecule has 2 bridgehead atoms. The van der Waals surface area contributed by atoms with Crippen LogP contribution in [0.2, 0.25) is 5.02 Å². The highest BCUT2D eigenvalue weighted by Gasteiger charge is 2.52. The first kappa shape index (κ1) is 19.3. The molecule has 3 aliphatic carbocycles. The first-order chi connectivity index (χ1) is 13.2. The molecule has 0 saturated heterocycles. The van der Waals surface area contributed by atoms with E-state index in [4.69, 9.17) is 26.8 Å². The highest BCUT2D eigenvalue weighted by molar-refractivity contribution is 6.31. The molecule has 8 nitrogen and oxygen atoms in total. The summed E-state index contributed by atoms with van der Waals surface area (Å²) in [5, 5.41) is 13.7. The molecule has 3 fully saturated rings. The minimum atomic E-state index is -0.613. The Morgan fingerprint density at radius 1 is 1.43 bits per heavy atom. The van der Waals surface area contributed by atoms with Crippen LogP contribution in [0.1, 0.15) is 32.1 Å². The summed E-state index contributed by atoms with van der Waals surface area (Å²) in [4.78, 5) is 25.8. The van der Waals surface area contributed by atoms with Crippen molar-refractivity contribution in [2.75, 3.05) is 25.2 Å². The zero-order valence-electron chi connectivity index (χ0n) is 15.7. The molecule has 3 saturated carbocycles. The van der Waals surface area contributed by atoms with Crippen LogP contribution in [0.4, 0.5) is 5.69 Å². The molecule has 0 radical (unpaired) electrons. The Morgan fingerprint density at radius 2 is 2.14 bits per heavy atom. The van der Waals surface area contributed by atoms with Crippen LogP contribution in [-0.2, 0) is 9.59 Å². The van der Waals surface area contributed by atoms with Gasteiger partial charge in [-0.05, 0) is 38.2 Å². The predicted molar refractivity (Wildman–Crippen MR) is 103 cm³/mol. The van der Waals surface area contributed by atoms with Crippen LogP contribution in [0.15, 0.2) is 12.1 Å². The van der Waals surface area contributed by atoms with Crippen LogP contribution in [-0.4, -0.2) is 54.4 Å². The number of rotatable bonds is 4. The summed E-state index contributed by atoms with van der Waals surface area (Å²) in [6, 6.07) is 3.17. The highest BCUT2D eigenvalue weighted by Crippen LogP contribution is 2.46. The molecule has 1 heterocycles. The molecule has 1 atom stereocenters. The minimum absolute atomic E-state index is 0.102. The second-order valence-corrected chi connectivity index (χ2v) is 8.50. The number of nitrogens with zero attached hydrogens (tertiary/aromatic N) is 1. The van der Waals surface area contributed by atoms with E-state index in [0.29, 0.717) is 41.5 Å². The first-order valence-electron chi connectivity index (χ1n) is 9.35. The Labute approximate surface area is 167 Å². The topological polar surface area (TPSA) is 114 Å². The van der Waals surface area contributed by atoms with Crippen LogP contribution in [0.25, 0.3) is 0 Å². The summed E-state index contributed by atoms with van der Waals surface area (Å²) < 4.78 is 11.2. The summed E-state index contributed by atoms with van der Waals surface area (Å²) in [5.41, 5.74) is 5.77. The maximum atomic E-state index is 12.5. The van der Waals surface area contributed by atoms with Crippen LogP contribution >= 0.6 is 11.6 Å². The van der Waals surface area contributed by atoms with Crippen LogP contribution in [0.3, 0.4) is 0 Å². The van der Waals surface area contributed by atoms with Gasteiger partial charge in [0.05, 0.1) is 11.8 Å². The van der Waals surface area contributed by atoms with E-state index < -0.39 is 17.2 Å². The van der Waals surface area contributed by atoms with E-state index in [2.05, 4.69) is 5.32 Å². The van der Waals surface area contributed by atoms with Crippen molar-refractivity contribution in [2.45, 2.75) is 49.3 Å². The fraction of sp³-hybridized carbons (Fsp3) is 0.579. The standard InChI is InChI=1S/C19H24ClN3O5/c1-23-12-6-11(20)7-13(17(12)28-10-16(23)26)27-9-15(25)22-18-2-4-19(21,5-3-18)14(24)8-18/h6-7,14,24H,2-5,8-10,21H2,1H3,(H,22,25)/t14-,18?,19?/m0/s1. The second kappa shape index (κ2) is 6.79. The van der Waals surface area contributed by atoms with E-state index >= 15 is 0 Å². The monoisotopic (exact) mass is 409 g/mol. The van der Waals surface area contributed by atoms with Gasteiger partial charge in [0, 0.05) is 29.2 Å². The Hall–Kier alpha value is -2.03. The van der Waals surface area contributed by atoms with Gasteiger partial charge in [-0.2, -0.15) is 0 Å². The number of fused-ring (bicyclic) bond motifs is 4. The first-order valence-corrected chi connectivity index (χ1v) is 9.73. The predicted octanol–water partition coefficient (Wildman–Crippen LogP) is 0.965. The Kier molecular flexibility index (Phi) is 4.68. The van der Waals surface area contributed by atoms with Gasteiger partial charge in [0.15, 0.2) is 24.7 Å². The summed E-state index contributed by atoms with van der Waals surface area (Å²) in [5.74, 6) is 0.216. The molecular formula is C19H24ClN3O5. The van der Waals surface area contributed by atoms with Gasteiger partial charge in [0.1, 0.15) is 0 Å². The smallest absolute Gasteiger partial charge is 0.264 e. The summed E-state index contributed by atoms with van der Waals surface area (Å²) in [6.07, 6.45) is 2.70. The number of hydrogen-bond acceptors (Lipinski definition) is 6. The van der Waals surface area contributed by atoms with Gasteiger partial charge < -0.3 is 30.5 Å². The second-order valence-electron chi connectivity index (χ2n) is 8.06. The summed E-state index contributed by atoms with van der Waals surface area (Å²) in [7, 11) is 1.63. The lowest BCUT2D eigenvalue weighted by Crippen LogP contribution is -2.68. The van der Waals surface area contributed by atoms with Crippen molar-refractivity contribution in [1.82, 2.24) is 5.32 Å². The van der Waals surface area contributed by atoms with Crippen molar-refractivity contribution >= 4 is 29.1 Å². The van der Waals surface area contributed by atoms with Gasteiger partial charge in [-0.25, -0.2) is 0 Å². The lowest BCUT2D eigenvalue weighted by Gasteiger charge is -2.54. The molecule has 152 valence electrons. The van der Waals surface area contributed by atoms with Crippen LogP contribution in [0, 0.1) is 0 Å². The van der Waals surface area contributed by atoms with E-state index in [1.165, 1.54) is 4.90 Å². The van der Waals surface area contributed by atoms with Gasteiger partial charge in [-0.1, -0.05) is 11.6 Å². The molecule has 0 spiro atoms. The normalized spacial score (nSPS) is 31.2. The number of carbonyl (C=O) groups excluding carboxylic acids is 2. The zero-order chi connectivity index (χ0) is 20.1. The van der Waals surface area contributed by atoms with Crippen molar-refractivity contribution in [3.8, 4) is 11.5 Å². The highest BCUT2D eigenvalue weighted by atomic mass is 35.5. The van der Waals surface area contributed by atoms with Gasteiger partial charge >= 0.3 is 0 Å². The molecule has 4 aliphatic rings. The number of benzene rings is 1. The molecule has 28 heavy (non-hydrogen) atoms. The number of anilines is 1. The molecule has 4 N–H and O–H groups in total. The number of amides is 2. The van der Waals surface area contributed by atoms with Crippen molar-refractivity contribution in [3.05, 3.63) is 17.2 Å². The van der Waals surface area contributed by atoms with E-state index in [1.807, 2.05) is 0 Å². The van der Waals surface area contributed by atoms with Gasteiger partial charge in [0.25, 0.3) is 11.8 Å². The molecule has 1 aromatic carbocycles. The molecule has 0 aromatic heterocycles. The summed E-state index contributed by atoms with van der Waals surface area (Å²) >= 11 is 6.13. The van der Waals surface area contributed by atoms with Gasteiger partial charge in [0.2, 0.25) is 0 Å². The van der Waals surface area contributed by atoms with Gasteiger partial charge in [-0.3, -0.25) is 9.59 Å². The number of aliphatic hydroxyl groups is 1. The maximum absolute atomic E-state index is 12.5. The average molecular weight is 410 g/mol. The molecule has 2 amide bonds. The van der Waals surface area contributed by atoms with Crippen molar-refractivity contribution in [3.63, 3.8) is 0 Å². The fourth-order valence-corrected chi connectivity index (χ4v) is 4.58. The number of nitrogens with one attached hydrogen (secondary N) is 1. The average Bonchev–Trinajstić information content (AvgIpc) is 2.65. The molecule has 0 unspecified atom stereocenters. The van der Waals surface area contributed by atoms with Crippen LogP contribution in [0.5, 0.6) is 11.5 Å². The van der Waals surface area contributed by atoms with Crippen molar-refractivity contribution < 1.29 is 24.2 Å². The third kappa shape index (κ3) is 3.29. The lowest BCUT2D eigenvalue weighted by molar-refractivity contribution is -0.129. The largest absolute Gasteiger partial charge is 0.480 e. The number of nitrogens with two attached hydrogens (primary N) is 1. The van der Waals surface area contributed by atoms with E-state index in [0.717, 1.165) is 12.8 Å². The van der Waals surface area contributed by atoms with E-state index in [9.17, 15) is 14.7 Å². The Balaban J connectivity index is 1.43. The van der Waals surface area contributed by atoms with Gasteiger partial charge in [-0.15, -0.1) is 0 Å². The SMILES string of the molecule is CN1C(=O)COc2c(OCC(=O)NC34CCC(N)(CC3)[C@@H](O)C4)cc(Cl)cc21. The number of halogens is 1. The number of carbonyl (C=O) groups is 2. The number of hydrogen-bond donors (Lipinski definition) is 3. The molecular weight excluding hydrogens is 386 g/mol. The number of aliphatic hydroxyl groups excluding tert-OH is 1. The fourth-order valence-electron chi connectivity index (χ4n) is 4.38. The third-order valence-electron chi connectivity index (χ3n) is 6.22. The quantitative estimate of drug-likeness (QED) is 0.682. The Morgan fingerprint density at radius 3 is 2.82 bits per heavy atom. The number of ether oxygens (including phenoxy) is 2. The third-order valence-corrected chi connectivity index (χ3v) is 6.44. The van der Waals surface area contributed by atoms with Crippen LogP contribution < -0.4 is 25.4 Å². The molecule has 9 heteroatoms. The number of likely N-dealkylation sites (N-methyl/N-ethyl adjacent to an activating group) is 1. The lowest BCUT2D eigenvalue weighted by atomic mass is 9.60. The Bertz CT molecular complexity index is 822. The molecule has 5 rings (SSSR count). The summed E-state index contributed by atoms with van der Waals surface area (Å²) in [6.45, 7) is -0.324. The van der Waals surface area contributed by atoms with E-state index in [1.54, 1.807) is 19.2 Å². The minimum Gasteiger partial charge on any atom is -0.480 e. The maximum Gasteiger partial charge on any atom is 0.264 e. The zero-order valence-corrected chi connectivity index (χ0v) is 16.4. The molecule has 1 aliphatic heterocycles. The van der Waals surface area contributed by atoms with Crippen molar-refractivity contribution in [1.29, 1.82) is 0 Å². The molecule has 1 aromatic rings. The van der Waals surface area contributed by atoms with Crippen molar-refractivity contribution in [2.24, 2.45) is 5.73 Å².